The second-order valence-electron chi connectivity index (χ2n) is 3.50. The zero-order chi connectivity index (χ0) is 9.35. The summed E-state index contributed by atoms with van der Waals surface area (Å²) in [6.07, 6.45) is 0.0370. The van der Waals surface area contributed by atoms with E-state index in [4.69, 9.17) is 0 Å². The standard InChI is InChI=1S/C8H15NO3/c1-8(7(11)12-3)4-6(10)5-9(8)2/h6,10H,4-5H2,1-3H3/t6-,8-/m0/s1. The average Bonchev–Trinajstić information content (AvgIpc) is 2.26. The second-order valence-corrected chi connectivity index (χ2v) is 3.50. The van der Waals surface area contributed by atoms with Gasteiger partial charge in [-0.05, 0) is 14.0 Å². The van der Waals surface area contributed by atoms with E-state index in [0.29, 0.717) is 13.0 Å². The fraction of sp³-hybridized carbons (Fsp3) is 0.875. The largest absolute Gasteiger partial charge is 0.468 e. The van der Waals surface area contributed by atoms with Crippen molar-refractivity contribution in [1.82, 2.24) is 4.90 Å². The van der Waals surface area contributed by atoms with Crippen LogP contribution in [0.5, 0.6) is 0 Å². The Balaban J connectivity index is 2.77. The summed E-state index contributed by atoms with van der Waals surface area (Å²) in [4.78, 5) is 13.1. The van der Waals surface area contributed by atoms with Crippen molar-refractivity contribution >= 4 is 5.97 Å². The minimum Gasteiger partial charge on any atom is -0.468 e. The van der Waals surface area contributed by atoms with E-state index in [1.54, 1.807) is 6.92 Å². The molecule has 1 fully saturated rings. The molecule has 0 aromatic carbocycles. The number of nitrogens with zero attached hydrogens (tertiary/aromatic N) is 1. The smallest absolute Gasteiger partial charge is 0.326 e. The molecule has 0 aliphatic carbocycles. The molecule has 1 heterocycles. The number of aliphatic hydroxyl groups is 1. The normalized spacial score (nSPS) is 36.8. The molecular formula is C8H15NO3. The molecule has 12 heavy (non-hydrogen) atoms. The third-order valence-electron chi connectivity index (χ3n) is 2.59. The van der Waals surface area contributed by atoms with Crippen molar-refractivity contribution in [3.05, 3.63) is 0 Å². The molecule has 4 heteroatoms. The van der Waals surface area contributed by atoms with Gasteiger partial charge in [0.2, 0.25) is 0 Å². The molecule has 1 aliphatic rings. The zero-order valence-electron chi connectivity index (χ0n) is 7.70. The van der Waals surface area contributed by atoms with Crippen molar-refractivity contribution in [3.63, 3.8) is 0 Å². The second kappa shape index (κ2) is 3.03. The van der Waals surface area contributed by atoms with Gasteiger partial charge in [-0.15, -0.1) is 0 Å². The molecule has 0 amide bonds. The van der Waals surface area contributed by atoms with Crippen LogP contribution < -0.4 is 0 Å². The van der Waals surface area contributed by atoms with Crippen LogP contribution in [0, 0.1) is 0 Å². The number of carbonyl (C=O) groups excluding carboxylic acids is 1. The summed E-state index contributed by atoms with van der Waals surface area (Å²) in [5.74, 6) is -0.276. The molecule has 0 saturated carbocycles. The quantitative estimate of drug-likeness (QED) is 0.549. The highest BCUT2D eigenvalue weighted by molar-refractivity contribution is 5.80. The van der Waals surface area contributed by atoms with E-state index in [2.05, 4.69) is 4.74 Å². The summed E-state index contributed by atoms with van der Waals surface area (Å²) in [5, 5.41) is 9.33. The molecule has 0 aromatic heterocycles. The average molecular weight is 173 g/mol. The van der Waals surface area contributed by atoms with E-state index in [1.807, 2.05) is 11.9 Å². The Morgan fingerprint density at radius 1 is 1.75 bits per heavy atom. The van der Waals surface area contributed by atoms with Gasteiger partial charge in [-0.25, -0.2) is 0 Å². The number of likely N-dealkylation sites (N-methyl/N-ethyl adjacent to an activating group) is 1. The van der Waals surface area contributed by atoms with Crippen molar-refractivity contribution in [3.8, 4) is 0 Å². The van der Waals surface area contributed by atoms with Gasteiger partial charge in [-0.3, -0.25) is 9.69 Å². The maximum absolute atomic E-state index is 11.3. The molecule has 2 atom stereocenters. The van der Waals surface area contributed by atoms with Crippen LogP contribution in [0.3, 0.4) is 0 Å². The highest BCUT2D eigenvalue weighted by atomic mass is 16.5. The summed E-state index contributed by atoms with van der Waals surface area (Å²) in [5.41, 5.74) is -0.645. The van der Waals surface area contributed by atoms with Crippen LogP contribution >= 0.6 is 0 Å². The lowest BCUT2D eigenvalue weighted by Gasteiger charge is -2.28. The Hall–Kier alpha value is -0.610. The molecule has 1 N–H and O–H groups in total. The first kappa shape index (κ1) is 9.48. The summed E-state index contributed by atoms with van der Waals surface area (Å²) in [6, 6.07) is 0. The fourth-order valence-corrected chi connectivity index (χ4v) is 1.66. The van der Waals surface area contributed by atoms with Gasteiger partial charge in [0.15, 0.2) is 0 Å². The van der Waals surface area contributed by atoms with Crippen LogP contribution in [-0.2, 0) is 9.53 Å². The first-order valence-corrected chi connectivity index (χ1v) is 3.98. The molecule has 1 saturated heterocycles. The Morgan fingerprint density at radius 3 is 2.67 bits per heavy atom. The number of rotatable bonds is 1. The van der Waals surface area contributed by atoms with Gasteiger partial charge in [0.05, 0.1) is 13.2 Å². The molecule has 70 valence electrons. The van der Waals surface area contributed by atoms with Gasteiger partial charge >= 0.3 is 5.97 Å². The summed E-state index contributed by atoms with van der Waals surface area (Å²) in [7, 11) is 3.18. The van der Waals surface area contributed by atoms with Crippen LogP contribution in [-0.4, -0.2) is 48.3 Å². The number of hydrogen-bond donors (Lipinski definition) is 1. The number of likely N-dealkylation sites (tertiary alicyclic amines) is 1. The predicted octanol–water partition coefficient (Wildman–Crippen LogP) is -0.386. The Bertz CT molecular complexity index is 195. The Labute approximate surface area is 72.1 Å². The summed E-state index contributed by atoms with van der Waals surface area (Å²) >= 11 is 0. The lowest BCUT2D eigenvalue weighted by molar-refractivity contribution is -0.151. The molecule has 0 unspecified atom stereocenters. The highest BCUT2D eigenvalue weighted by Crippen LogP contribution is 2.28. The third kappa shape index (κ3) is 1.32. The first-order valence-electron chi connectivity index (χ1n) is 3.98. The first-order chi connectivity index (χ1) is 5.50. The van der Waals surface area contributed by atoms with E-state index in [-0.39, 0.29) is 5.97 Å². The lowest BCUT2D eigenvalue weighted by atomic mass is 9.99. The SMILES string of the molecule is COC(=O)[C@]1(C)C[C@H](O)CN1C. The topological polar surface area (TPSA) is 49.8 Å². The highest BCUT2D eigenvalue weighted by Gasteiger charge is 2.46. The van der Waals surface area contributed by atoms with E-state index >= 15 is 0 Å². The number of hydrogen-bond acceptors (Lipinski definition) is 4. The van der Waals surface area contributed by atoms with Crippen LogP contribution in [0.25, 0.3) is 0 Å². The van der Waals surface area contributed by atoms with Crippen molar-refractivity contribution in [2.75, 3.05) is 20.7 Å². The number of aliphatic hydroxyl groups excluding tert-OH is 1. The van der Waals surface area contributed by atoms with E-state index in [0.717, 1.165) is 0 Å². The summed E-state index contributed by atoms with van der Waals surface area (Å²) in [6.45, 7) is 2.32. The van der Waals surface area contributed by atoms with Gasteiger partial charge in [0.1, 0.15) is 5.54 Å². The van der Waals surface area contributed by atoms with Gasteiger partial charge < -0.3 is 9.84 Å². The molecule has 1 aliphatic heterocycles. The molecule has 0 bridgehead atoms. The van der Waals surface area contributed by atoms with Crippen molar-refractivity contribution in [2.45, 2.75) is 25.0 Å². The number of ether oxygens (including phenoxy) is 1. The molecule has 1 rings (SSSR count). The Morgan fingerprint density at radius 2 is 2.33 bits per heavy atom. The molecule has 0 aromatic rings. The molecule has 0 radical (unpaired) electrons. The molecule has 4 nitrogen and oxygen atoms in total. The van der Waals surface area contributed by atoms with Crippen LogP contribution in [0.1, 0.15) is 13.3 Å². The van der Waals surface area contributed by atoms with Crippen LogP contribution in [0.4, 0.5) is 0 Å². The predicted molar refractivity (Wildman–Crippen MR) is 43.7 cm³/mol. The number of methoxy groups -OCH3 is 1. The lowest BCUT2D eigenvalue weighted by Crippen LogP contribution is -2.46. The minimum absolute atomic E-state index is 0.276. The van der Waals surface area contributed by atoms with Gasteiger partial charge in [-0.1, -0.05) is 0 Å². The number of β-amino-alcohol motifs (C(OH)–C–C–N with tert-alkyl or cyclic N) is 1. The van der Waals surface area contributed by atoms with E-state index in [1.165, 1.54) is 7.11 Å². The minimum atomic E-state index is -0.645. The van der Waals surface area contributed by atoms with Crippen molar-refractivity contribution < 1.29 is 14.6 Å². The Kier molecular flexibility index (Phi) is 2.39. The van der Waals surface area contributed by atoms with Crippen LogP contribution in [0.2, 0.25) is 0 Å². The van der Waals surface area contributed by atoms with Gasteiger partial charge in [0, 0.05) is 13.0 Å². The fourth-order valence-electron chi connectivity index (χ4n) is 1.66. The number of carbonyl (C=O) groups is 1. The van der Waals surface area contributed by atoms with Gasteiger partial charge in [0.25, 0.3) is 0 Å². The zero-order valence-corrected chi connectivity index (χ0v) is 7.70. The van der Waals surface area contributed by atoms with Crippen molar-refractivity contribution in [1.29, 1.82) is 0 Å². The molecule has 0 spiro atoms. The summed E-state index contributed by atoms with van der Waals surface area (Å²) < 4.78 is 4.66. The van der Waals surface area contributed by atoms with E-state index in [9.17, 15) is 9.90 Å². The van der Waals surface area contributed by atoms with Gasteiger partial charge in [-0.2, -0.15) is 0 Å². The monoisotopic (exact) mass is 173 g/mol. The maximum Gasteiger partial charge on any atom is 0.326 e. The third-order valence-corrected chi connectivity index (χ3v) is 2.59. The van der Waals surface area contributed by atoms with Crippen molar-refractivity contribution in [2.24, 2.45) is 0 Å². The molecular weight excluding hydrogens is 158 g/mol. The maximum atomic E-state index is 11.3. The van der Waals surface area contributed by atoms with E-state index < -0.39 is 11.6 Å². The number of esters is 1. The van der Waals surface area contributed by atoms with Crippen LogP contribution in [0.15, 0.2) is 0 Å².